The van der Waals surface area contributed by atoms with Crippen molar-refractivity contribution in [2.75, 3.05) is 45.9 Å². The first-order valence-electron chi connectivity index (χ1n) is 8.56. The molecule has 2 heterocycles. The normalized spacial score (nSPS) is 21.4. The molecule has 2 aliphatic heterocycles. The zero-order valence-corrected chi connectivity index (χ0v) is 15.4. The van der Waals surface area contributed by atoms with Gasteiger partial charge in [-0.3, -0.25) is 9.69 Å². The van der Waals surface area contributed by atoms with Crippen molar-refractivity contribution in [3.05, 3.63) is 29.3 Å². The lowest BCUT2D eigenvalue weighted by Crippen LogP contribution is -2.49. The Kier molecular flexibility index (Phi) is 6.90. The predicted octanol–water partition coefficient (Wildman–Crippen LogP) is 1.61. The Hall–Kier alpha value is -1.30. The number of rotatable bonds is 4. The number of halogens is 1. The first-order valence-corrected chi connectivity index (χ1v) is 8.56. The van der Waals surface area contributed by atoms with Gasteiger partial charge in [0.05, 0.1) is 0 Å². The fraction of sp³-hybridized carbons (Fsp3) is 0.611. The molecule has 0 aromatic heterocycles. The number of hydrogen-bond acceptors (Lipinski definition) is 4. The van der Waals surface area contributed by atoms with Crippen LogP contribution in [-0.4, -0.2) is 67.6 Å². The second kappa shape index (κ2) is 8.70. The highest BCUT2D eigenvalue weighted by Gasteiger charge is 2.31. The summed E-state index contributed by atoms with van der Waals surface area (Å²) in [5.74, 6) is 0.948. The van der Waals surface area contributed by atoms with Gasteiger partial charge in [0.2, 0.25) is 0 Å². The Morgan fingerprint density at radius 1 is 1.21 bits per heavy atom. The van der Waals surface area contributed by atoms with E-state index < -0.39 is 0 Å². The first-order chi connectivity index (χ1) is 11.1. The molecule has 1 amide bonds. The molecular weight excluding hydrogens is 326 g/mol. The number of carbonyl (C=O) groups excluding carboxylic acids is 1. The van der Waals surface area contributed by atoms with E-state index in [-0.39, 0.29) is 24.9 Å². The highest BCUT2D eigenvalue weighted by molar-refractivity contribution is 5.85. The van der Waals surface area contributed by atoms with Gasteiger partial charge in [0.25, 0.3) is 5.91 Å². The summed E-state index contributed by atoms with van der Waals surface area (Å²) in [4.78, 5) is 16.9. The van der Waals surface area contributed by atoms with Gasteiger partial charge in [-0.2, -0.15) is 0 Å². The summed E-state index contributed by atoms with van der Waals surface area (Å²) >= 11 is 0. The number of para-hydroxylation sites is 1. The molecule has 2 fully saturated rings. The number of ether oxygens (including phenoxy) is 1. The molecular formula is C18H28ClN3O2. The van der Waals surface area contributed by atoms with Crippen LogP contribution < -0.4 is 10.1 Å². The van der Waals surface area contributed by atoms with E-state index in [9.17, 15) is 4.79 Å². The number of amides is 1. The second-order valence-electron chi connectivity index (χ2n) is 6.58. The van der Waals surface area contributed by atoms with Crippen molar-refractivity contribution in [1.29, 1.82) is 0 Å². The lowest BCUT2D eigenvalue weighted by Gasteiger charge is -2.32. The maximum absolute atomic E-state index is 12.4. The van der Waals surface area contributed by atoms with Crippen molar-refractivity contribution >= 4 is 18.3 Å². The number of hydrogen-bond donors (Lipinski definition) is 1. The average Bonchev–Trinajstić information content (AvgIpc) is 3.05. The fourth-order valence-corrected chi connectivity index (χ4v) is 3.57. The van der Waals surface area contributed by atoms with Crippen LogP contribution in [-0.2, 0) is 4.79 Å². The minimum atomic E-state index is 0. The molecule has 134 valence electrons. The highest BCUT2D eigenvalue weighted by atomic mass is 35.5. The number of aryl methyl sites for hydroxylation is 2. The lowest BCUT2D eigenvalue weighted by atomic mass is 10.1. The number of piperazine rings is 1. The molecule has 0 aliphatic carbocycles. The summed E-state index contributed by atoms with van der Waals surface area (Å²) in [6.45, 7) is 10.2. The summed E-state index contributed by atoms with van der Waals surface area (Å²) in [6, 6.07) is 6.56. The smallest absolute Gasteiger partial charge is 0.260 e. The van der Waals surface area contributed by atoms with E-state index in [1.807, 2.05) is 36.9 Å². The van der Waals surface area contributed by atoms with E-state index in [0.717, 1.165) is 62.6 Å². The summed E-state index contributed by atoms with van der Waals surface area (Å²) < 4.78 is 5.81. The maximum atomic E-state index is 12.4. The molecule has 1 N–H and O–H groups in total. The monoisotopic (exact) mass is 353 g/mol. The molecule has 1 aromatic carbocycles. The van der Waals surface area contributed by atoms with Crippen LogP contribution in [0.5, 0.6) is 5.75 Å². The van der Waals surface area contributed by atoms with Gasteiger partial charge >= 0.3 is 0 Å². The Bertz CT molecular complexity index is 541. The zero-order chi connectivity index (χ0) is 16.2. The van der Waals surface area contributed by atoms with Crippen LogP contribution >= 0.6 is 12.4 Å². The number of carbonyl (C=O) groups is 1. The van der Waals surface area contributed by atoms with E-state index >= 15 is 0 Å². The van der Waals surface area contributed by atoms with Gasteiger partial charge in [-0.1, -0.05) is 18.2 Å². The van der Waals surface area contributed by atoms with E-state index in [2.05, 4.69) is 10.2 Å². The molecule has 3 rings (SSSR count). The third kappa shape index (κ3) is 4.41. The third-order valence-electron chi connectivity index (χ3n) is 4.93. The molecule has 0 spiro atoms. The number of benzene rings is 1. The van der Waals surface area contributed by atoms with E-state index in [4.69, 9.17) is 4.74 Å². The standard InChI is InChI=1S/C18H27N3O2.ClH/c1-14-4-3-5-15(2)18(14)23-13-17(22)21-9-6-16(12-21)20-10-7-19-8-11-20;/h3-5,16,19H,6-13H2,1-2H3;1H. The van der Waals surface area contributed by atoms with Gasteiger partial charge in [-0.05, 0) is 31.4 Å². The van der Waals surface area contributed by atoms with Crippen molar-refractivity contribution in [2.24, 2.45) is 0 Å². The van der Waals surface area contributed by atoms with Crippen LogP contribution in [0.1, 0.15) is 17.5 Å². The summed E-state index contributed by atoms with van der Waals surface area (Å²) in [6.07, 6.45) is 1.08. The molecule has 24 heavy (non-hydrogen) atoms. The molecule has 2 aliphatic rings. The molecule has 5 nitrogen and oxygen atoms in total. The van der Waals surface area contributed by atoms with Gasteiger partial charge in [-0.25, -0.2) is 0 Å². The average molecular weight is 354 g/mol. The van der Waals surface area contributed by atoms with Crippen molar-refractivity contribution in [3.8, 4) is 5.75 Å². The number of nitrogens with zero attached hydrogens (tertiary/aromatic N) is 2. The van der Waals surface area contributed by atoms with Crippen LogP contribution in [0.15, 0.2) is 18.2 Å². The molecule has 0 bridgehead atoms. The summed E-state index contributed by atoms with van der Waals surface area (Å²) in [7, 11) is 0. The molecule has 1 unspecified atom stereocenters. The largest absolute Gasteiger partial charge is 0.483 e. The van der Waals surface area contributed by atoms with E-state index in [1.165, 1.54) is 0 Å². The number of likely N-dealkylation sites (tertiary alicyclic amines) is 1. The van der Waals surface area contributed by atoms with Crippen molar-refractivity contribution < 1.29 is 9.53 Å². The van der Waals surface area contributed by atoms with Crippen molar-refractivity contribution in [1.82, 2.24) is 15.1 Å². The summed E-state index contributed by atoms with van der Waals surface area (Å²) in [5, 5.41) is 3.38. The molecule has 0 saturated carbocycles. The van der Waals surface area contributed by atoms with E-state index in [1.54, 1.807) is 0 Å². The third-order valence-corrected chi connectivity index (χ3v) is 4.93. The predicted molar refractivity (Wildman–Crippen MR) is 98.1 cm³/mol. The van der Waals surface area contributed by atoms with Crippen LogP contribution in [0.25, 0.3) is 0 Å². The minimum Gasteiger partial charge on any atom is -0.483 e. The molecule has 6 heteroatoms. The maximum Gasteiger partial charge on any atom is 0.260 e. The number of nitrogens with one attached hydrogen (secondary N) is 1. The SMILES string of the molecule is Cc1cccc(C)c1OCC(=O)N1CCC(N2CCNCC2)C1.Cl. The quantitative estimate of drug-likeness (QED) is 0.893. The Labute approximate surface area is 150 Å². The molecule has 0 radical (unpaired) electrons. The molecule has 1 aromatic rings. The van der Waals surface area contributed by atoms with Crippen molar-refractivity contribution in [3.63, 3.8) is 0 Å². The van der Waals surface area contributed by atoms with Crippen LogP contribution in [0, 0.1) is 13.8 Å². The topological polar surface area (TPSA) is 44.8 Å². The van der Waals surface area contributed by atoms with Crippen LogP contribution in [0.2, 0.25) is 0 Å². The van der Waals surface area contributed by atoms with E-state index in [0.29, 0.717) is 6.04 Å². The second-order valence-corrected chi connectivity index (χ2v) is 6.58. The minimum absolute atomic E-state index is 0. The Morgan fingerprint density at radius 2 is 1.88 bits per heavy atom. The zero-order valence-electron chi connectivity index (χ0n) is 14.6. The molecule has 1 atom stereocenters. The van der Waals surface area contributed by atoms with Crippen LogP contribution in [0.3, 0.4) is 0 Å². The van der Waals surface area contributed by atoms with Gasteiger partial charge in [0.1, 0.15) is 5.75 Å². The van der Waals surface area contributed by atoms with Crippen LogP contribution in [0.4, 0.5) is 0 Å². The summed E-state index contributed by atoms with van der Waals surface area (Å²) in [5.41, 5.74) is 2.16. The molecule has 2 saturated heterocycles. The first kappa shape index (κ1) is 19.0. The Morgan fingerprint density at radius 3 is 2.54 bits per heavy atom. The van der Waals surface area contributed by atoms with Crippen molar-refractivity contribution in [2.45, 2.75) is 26.3 Å². The van der Waals surface area contributed by atoms with Gasteiger partial charge in [0, 0.05) is 45.3 Å². The van der Waals surface area contributed by atoms with Gasteiger partial charge in [0.15, 0.2) is 6.61 Å². The fourth-order valence-electron chi connectivity index (χ4n) is 3.57. The highest BCUT2D eigenvalue weighted by Crippen LogP contribution is 2.23. The Balaban J connectivity index is 0.00000208. The van der Waals surface area contributed by atoms with Gasteiger partial charge in [-0.15, -0.1) is 12.4 Å². The van der Waals surface area contributed by atoms with Gasteiger partial charge < -0.3 is 15.0 Å². The lowest BCUT2D eigenvalue weighted by molar-refractivity contribution is -0.132.